The first-order chi connectivity index (χ1) is 13.2. The van der Waals surface area contributed by atoms with Crippen molar-refractivity contribution >= 4 is 28.6 Å². The van der Waals surface area contributed by atoms with Crippen LogP contribution in [0.15, 0.2) is 47.8 Å². The van der Waals surface area contributed by atoms with Crippen molar-refractivity contribution in [2.24, 2.45) is 0 Å². The lowest BCUT2D eigenvalue weighted by molar-refractivity contribution is -0.131. The number of benzene rings is 1. The predicted octanol–water partition coefficient (Wildman–Crippen LogP) is 4.29. The Morgan fingerprint density at radius 2 is 2.11 bits per heavy atom. The van der Waals surface area contributed by atoms with Crippen LogP contribution in [0.1, 0.15) is 17.7 Å². The number of hydrogen-bond donors (Lipinski definition) is 1. The molecule has 6 heteroatoms. The van der Waals surface area contributed by atoms with Crippen molar-refractivity contribution in [1.29, 1.82) is 0 Å². The molecule has 2 aromatic heterocycles. The van der Waals surface area contributed by atoms with E-state index in [0.717, 1.165) is 52.0 Å². The van der Waals surface area contributed by atoms with E-state index in [1.165, 1.54) is 0 Å². The zero-order valence-corrected chi connectivity index (χ0v) is 17.0. The lowest BCUT2D eigenvalue weighted by Crippen LogP contribution is -2.47. The summed E-state index contributed by atoms with van der Waals surface area (Å²) < 4.78 is 0. The number of carbonyl (C=O) groups is 1. The second-order valence-corrected chi connectivity index (χ2v) is 8.81. The summed E-state index contributed by atoms with van der Waals surface area (Å²) in [4.78, 5) is 22.1. The minimum Gasteiger partial charge on any atom is -0.341 e. The number of thiophene rings is 1. The Kier molecular flexibility index (Phi) is 5.66. The van der Waals surface area contributed by atoms with Gasteiger partial charge in [-0.2, -0.15) is 0 Å². The van der Waals surface area contributed by atoms with Crippen molar-refractivity contribution in [2.45, 2.75) is 25.3 Å². The monoisotopic (exact) mass is 397 g/mol. The molecular weight excluding hydrogens is 374 g/mol. The molecule has 1 aliphatic rings. The quantitative estimate of drug-likeness (QED) is 0.698. The first-order valence-corrected chi connectivity index (χ1v) is 11.0. The van der Waals surface area contributed by atoms with Gasteiger partial charge in [0.1, 0.15) is 5.01 Å². The van der Waals surface area contributed by atoms with E-state index in [-0.39, 0.29) is 5.91 Å². The van der Waals surface area contributed by atoms with Crippen LogP contribution in [0.2, 0.25) is 0 Å². The summed E-state index contributed by atoms with van der Waals surface area (Å²) in [6, 6.07) is 14.7. The van der Waals surface area contributed by atoms with E-state index in [2.05, 4.69) is 28.9 Å². The molecule has 140 valence electrons. The van der Waals surface area contributed by atoms with Gasteiger partial charge < -0.3 is 10.2 Å². The number of nitrogens with zero attached hydrogens (tertiary/aromatic N) is 2. The fraction of sp³-hybridized carbons (Fsp3) is 0.333. The minimum absolute atomic E-state index is 0.205. The molecule has 1 aromatic carbocycles. The molecule has 1 atom stereocenters. The van der Waals surface area contributed by atoms with Crippen LogP contribution in [0.3, 0.4) is 0 Å². The second kappa shape index (κ2) is 8.33. The van der Waals surface area contributed by atoms with E-state index in [4.69, 9.17) is 4.98 Å². The van der Waals surface area contributed by atoms with Crippen LogP contribution in [0, 0.1) is 0 Å². The molecule has 0 spiro atoms. The molecule has 0 bridgehead atoms. The highest BCUT2D eigenvalue weighted by Crippen LogP contribution is 2.36. The van der Waals surface area contributed by atoms with Gasteiger partial charge in [-0.1, -0.05) is 36.4 Å². The molecule has 1 amide bonds. The predicted molar refractivity (Wildman–Crippen MR) is 113 cm³/mol. The molecular formula is C21H23N3OS2. The minimum atomic E-state index is 0.205. The Morgan fingerprint density at radius 3 is 2.85 bits per heavy atom. The standard InChI is InChI=1S/C21H23N3OS2/c1-22-16-9-5-11-24(14-16)19(25)13-18-20(17-10-6-12-26-17)23-21(27-18)15-7-3-2-4-8-15/h2-4,6-8,10,12,16,22H,5,9,11,13-14H2,1H3. The van der Waals surface area contributed by atoms with Gasteiger partial charge in [0.15, 0.2) is 0 Å². The zero-order chi connectivity index (χ0) is 18.6. The number of piperidine rings is 1. The number of aromatic nitrogens is 1. The first kappa shape index (κ1) is 18.3. The Labute approximate surface area is 167 Å². The molecule has 3 aromatic rings. The molecule has 4 nitrogen and oxygen atoms in total. The van der Waals surface area contributed by atoms with E-state index in [0.29, 0.717) is 12.5 Å². The van der Waals surface area contributed by atoms with E-state index >= 15 is 0 Å². The van der Waals surface area contributed by atoms with E-state index in [9.17, 15) is 4.79 Å². The zero-order valence-electron chi connectivity index (χ0n) is 15.4. The van der Waals surface area contributed by atoms with Gasteiger partial charge in [0.2, 0.25) is 5.91 Å². The summed E-state index contributed by atoms with van der Waals surface area (Å²) in [5.41, 5.74) is 2.07. The maximum absolute atomic E-state index is 13.0. The smallest absolute Gasteiger partial charge is 0.227 e. The first-order valence-electron chi connectivity index (χ1n) is 9.28. The summed E-state index contributed by atoms with van der Waals surface area (Å²) in [7, 11) is 1.98. The third-order valence-corrected chi connectivity index (χ3v) is 6.95. The van der Waals surface area contributed by atoms with Crippen molar-refractivity contribution in [3.05, 3.63) is 52.7 Å². The molecule has 1 saturated heterocycles. The number of hydrogen-bond acceptors (Lipinski definition) is 5. The third kappa shape index (κ3) is 4.13. The fourth-order valence-corrected chi connectivity index (χ4v) is 5.35. The Balaban J connectivity index is 1.61. The average Bonchev–Trinajstić information content (AvgIpc) is 3.38. The molecule has 27 heavy (non-hydrogen) atoms. The van der Waals surface area contributed by atoms with Crippen LogP contribution in [0.4, 0.5) is 0 Å². The topological polar surface area (TPSA) is 45.2 Å². The Morgan fingerprint density at radius 1 is 1.26 bits per heavy atom. The molecule has 3 heterocycles. The van der Waals surface area contributed by atoms with Gasteiger partial charge in [-0.25, -0.2) is 4.98 Å². The SMILES string of the molecule is CNC1CCCN(C(=O)Cc2sc(-c3ccccc3)nc2-c2cccs2)C1. The number of nitrogens with one attached hydrogen (secondary N) is 1. The van der Waals surface area contributed by atoms with Gasteiger partial charge in [0, 0.05) is 29.6 Å². The number of amides is 1. The highest BCUT2D eigenvalue weighted by atomic mass is 32.1. The molecule has 0 aliphatic carbocycles. The van der Waals surface area contributed by atoms with Crippen LogP contribution in [0.5, 0.6) is 0 Å². The van der Waals surface area contributed by atoms with E-state index < -0.39 is 0 Å². The maximum Gasteiger partial charge on any atom is 0.227 e. The van der Waals surface area contributed by atoms with Crippen molar-refractivity contribution in [3.63, 3.8) is 0 Å². The fourth-order valence-electron chi connectivity index (χ4n) is 3.47. The van der Waals surface area contributed by atoms with E-state index in [1.807, 2.05) is 36.2 Å². The number of rotatable bonds is 5. The number of thiazole rings is 1. The van der Waals surface area contributed by atoms with Gasteiger partial charge in [-0.3, -0.25) is 4.79 Å². The second-order valence-electron chi connectivity index (χ2n) is 6.78. The highest BCUT2D eigenvalue weighted by molar-refractivity contribution is 7.17. The number of likely N-dealkylation sites (tertiary alicyclic amines) is 1. The van der Waals surface area contributed by atoms with Crippen molar-refractivity contribution in [2.75, 3.05) is 20.1 Å². The summed E-state index contributed by atoms with van der Waals surface area (Å²) in [6.45, 7) is 1.66. The molecule has 1 unspecified atom stereocenters. The number of carbonyl (C=O) groups excluding carboxylic acids is 1. The van der Waals surface area contributed by atoms with Crippen LogP contribution >= 0.6 is 22.7 Å². The van der Waals surface area contributed by atoms with Gasteiger partial charge in [-0.05, 0) is 31.3 Å². The van der Waals surface area contributed by atoms with Crippen molar-refractivity contribution in [1.82, 2.24) is 15.2 Å². The summed E-state index contributed by atoms with van der Waals surface area (Å²) >= 11 is 3.32. The molecule has 0 radical (unpaired) electrons. The Hall–Kier alpha value is -2.02. The van der Waals surface area contributed by atoms with Gasteiger partial charge >= 0.3 is 0 Å². The van der Waals surface area contributed by atoms with Gasteiger partial charge in [0.05, 0.1) is 17.0 Å². The van der Waals surface area contributed by atoms with E-state index in [1.54, 1.807) is 22.7 Å². The largest absolute Gasteiger partial charge is 0.341 e. The molecule has 1 fully saturated rings. The normalized spacial score (nSPS) is 17.2. The molecule has 1 aliphatic heterocycles. The lowest BCUT2D eigenvalue weighted by atomic mass is 10.1. The average molecular weight is 398 g/mol. The molecule has 1 N–H and O–H groups in total. The Bertz CT molecular complexity index is 890. The van der Waals surface area contributed by atoms with Crippen molar-refractivity contribution < 1.29 is 4.79 Å². The summed E-state index contributed by atoms with van der Waals surface area (Å²) in [6.07, 6.45) is 2.63. The third-order valence-electron chi connectivity index (χ3n) is 4.97. The van der Waals surface area contributed by atoms with Crippen LogP contribution in [-0.2, 0) is 11.2 Å². The lowest BCUT2D eigenvalue weighted by Gasteiger charge is -2.32. The van der Waals surface area contributed by atoms with Crippen LogP contribution in [-0.4, -0.2) is 42.0 Å². The highest BCUT2D eigenvalue weighted by Gasteiger charge is 2.25. The van der Waals surface area contributed by atoms with Gasteiger partial charge in [-0.15, -0.1) is 22.7 Å². The van der Waals surface area contributed by atoms with Crippen LogP contribution < -0.4 is 5.32 Å². The summed E-state index contributed by atoms with van der Waals surface area (Å²) in [5.74, 6) is 0.205. The van der Waals surface area contributed by atoms with Gasteiger partial charge in [0.25, 0.3) is 0 Å². The summed E-state index contributed by atoms with van der Waals surface area (Å²) in [5, 5.41) is 6.35. The van der Waals surface area contributed by atoms with Crippen molar-refractivity contribution in [3.8, 4) is 21.1 Å². The molecule has 4 rings (SSSR count). The maximum atomic E-state index is 13.0. The molecule has 0 saturated carbocycles. The number of likely N-dealkylation sites (N-methyl/N-ethyl adjacent to an activating group) is 1. The van der Waals surface area contributed by atoms with Crippen LogP contribution in [0.25, 0.3) is 21.1 Å².